The van der Waals surface area contributed by atoms with Gasteiger partial charge in [-0.2, -0.15) is 0 Å². The number of pyridine rings is 1. The van der Waals surface area contributed by atoms with Gasteiger partial charge in [-0.1, -0.05) is 0 Å². The molecule has 0 fully saturated rings. The summed E-state index contributed by atoms with van der Waals surface area (Å²) >= 11 is 0. The van der Waals surface area contributed by atoms with Crippen molar-refractivity contribution in [2.45, 2.75) is 17.2 Å². The fraction of sp³-hybridized carbons (Fsp3) is 0.214. The second-order valence-electron chi connectivity index (χ2n) is 4.29. The fourth-order valence-corrected chi connectivity index (χ4v) is 3.15. The third-order valence-corrected chi connectivity index (χ3v) is 4.57. The maximum absolute atomic E-state index is 12.3. The van der Waals surface area contributed by atoms with Gasteiger partial charge in [0.2, 0.25) is 0 Å². The van der Waals surface area contributed by atoms with Gasteiger partial charge in [0.15, 0.2) is 9.84 Å². The maximum Gasteiger partial charge on any atom is 0.182 e. The van der Waals surface area contributed by atoms with Crippen molar-refractivity contribution in [3.63, 3.8) is 0 Å². The van der Waals surface area contributed by atoms with Crippen LogP contribution >= 0.6 is 0 Å². The summed E-state index contributed by atoms with van der Waals surface area (Å²) in [6.45, 7) is 0.288. The highest BCUT2D eigenvalue weighted by atomic mass is 32.2. The van der Waals surface area contributed by atoms with E-state index < -0.39 is 9.84 Å². The predicted molar refractivity (Wildman–Crippen MR) is 76.0 cm³/mol. The molecule has 0 radical (unpaired) electrons. The van der Waals surface area contributed by atoms with E-state index in [4.69, 9.17) is 10.5 Å². The first-order valence-electron chi connectivity index (χ1n) is 6.06. The molecule has 6 heteroatoms. The number of sulfone groups is 1. The van der Waals surface area contributed by atoms with Crippen molar-refractivity contribution < 1.29 is 13.2 Å². The Labute approximate surface area is 118 Å². The minimum absolute atomic E-state index is 0.0746. The number of ether oxygens (including phenoxy) is 1. The summed E-state index contributed by atoms with van der Waals surface area (Å²) < 4.78 is 29.6. The van der Waals surface area contributed by atoms with E-state index in [0.717, 1.165) is 0 Å². The number of rotatable bonds is 5. The lowest BCUT2D eigenvalue weighted by Crippen LogP contribution is -2.07. The Bertz CT molecular complexity index is 682. The van der Waals surface area contributed by atoms with Crippen molar-refractivity contribution >= 4 is 9.84 Å². The van der Waals surface area contributed by atoms with Crippen LogP contribution in [-0.2, 0) is 22.1 Å². The van der Waals surface area contributed by atoms with E-state index >= 15 is 0 Å². The maximum atomic E-state index is 12.3. The van der Waals surface area contributed by atoms with Crippen molar-refractivity contribution in [2.24, 2.45) is 5.73 Å². The zero-order valence-corrected chi connectivity index (χ0v) is 11.9. The second-order valence-corrected chi connectivity index (χ2v) is 6.28. The Balaban J connectivity index is 2.25. The number of hydrogen-bond donors (Lipinski definition) is 1. The monoisotopic (exact) mass is 292 g/mol. The van der Waals surface area contributed by atoms with Crippen LogP contribution < -0.4 is 10.5 Å². The Morgan fingerprint density at radius 2 is 1.90 bits per heavy atom. The molecular formula is C14H16N2O3S. The Hall–Kier alpha value is -1.92. The van der Waals surface area contributed by atoms with Gasteiger partial charge in [0, 0.05) is 12.7 Å². The van der Waals surface area contributed by atoms with Crippen LogP contribution in [0, 0.1) is 0 Å². The van der Waals surface area contributed by atoms with Gasteiger partial charge in [-0.25, -0.2) is 8.42 Å². The van der Waals surface area contributed by atoms with Crippen LogP contribution in [0.4, 0.5) is 0 Å². The van der Waals surface area contributed by atoms with Crippen LogP contribution in [-0.4, -0.2) is 20.5 Å². The molecule has 0 bridgehead atoms. The molecule has 1 aromatic carbocycles. The molecule has 0 aliphatic heterocycles. The fourth-order valence-electron chi connectivity index (χ4n) is 1.82. The van der Waals surface area contributed by atoms with Crippen LogP contribution in [0.5, 0.6) is 5.75 Å². The highest BCUT2D eigenvalue weighted by molar-refractivity contribution is 7.90. The van der Waals surface area contributed by atoms with Crippen molar-refractivity contribution in [2.75, 3.05) is 7.11 Å². The smallest absolute Gasteiger partial charge is 0.182 e. The van der Waals surface area contributed by atoms with Crippen LogP contribution in [0.3, 0.4) is 0 Å². The lowest BCUT2D eigenvalue weighted by Gasteiger charge is -2.06. The van der Waals surface area contributed by atoms with Gasteiger partial charge in [0.05, 0.1) is 23.5 Å². The van der Waals surface area contributed by atoms with Gasteiger partial charge in [-0.15, -0.1) is 0 Å². The average molecular weight is 292 g/mol. The molecule has 2 N–H and O–H groups in total. The molecule has 0 spiro atoms. The molecule has 106 valence electrons. The molecule has 0 saturated carbocycles. The summed E-state index contributed by atoms with van der Waals surface area (Å²) in [5.74, 6) is 0.549. The molecule has 20 heavy (non-hydrogen) atoms. The number of methoxy groups -OCH3 is 1. The van der Waals surface area contributed by atoms with E-state index in [-0.39, 0.29) is 17.2 Å². The summed E-state index contributed by atoms with van der Waals surface area (Å²) in [7, 11) is -1.85. The lowest BCUT2D eigenvalue weighted by molar-refractivity contribution is 0.414. The van der Waals surface area contributed by atoms with E-state index in [2.05, 4.69) is 4.98 Å². The Kier molecular flexibility index (Phi) is 4.36. The van der Waals surface area contributed by atoms with Gasteiger partial charge in [-0.05, 0) is 42.0 Å². The molecule has 1 aromatic heterocycles. The van der Waals surface area contributed by atoms with Gasteiger partial charge in [-0.3, -0.25) is 4.98 Å². The molecule has 0 aliphatic carbocycles. The van der Waals surface area contributed by atoms with Gasteiger partial charge >= 0.3 is 0 Å². The van der Waals surface area contributed by atoms with Crippen molar-refractivity contribution in [1.82, 2.24) is 4.98 Å². The normalized spacial score (nSPS) is 11.3. The van der Waals surface area contributed by atoms with E-state index in [1.807, 2.05) is 0 Å². The molecule has 0 aliphatic rings. The van der Waals surface area contributed by atoms with E-state index in [1.165, 1.54) is 7.11 Å². The molecule has 2 rings (SSSR count). The Morgan fingerprint density at radius 3 is 2.50 bits per heavy atom. The topological polar surface area (TPSA) is 82.3 Å². The summed E-state index contributed by atoms with van der Waals surface area (Å²) in [6, 6.07) is 9.73. The van der Waals surface area contributed by atoms with Crippen LogP contribution in [0.15, 0.2) is 47.5 Å². The summed E-state index contributed by atoms with van der Waals surface area (Å²) in [4.78, 5) is 4.31. The van der Waals surface area contributed by atoms with Crippen LogP contribution in [0.25, 0.3) is 0 Å². The first-order valence-corrected chi connectivity index (χ1v) is 7.71. The lowest BCUT2D eigenvalue weighted by atomic mass is 10.2. The number of benzene rings is 1. The van der Waals surface area contributed by atoms with Gasteiger partial charge < -0.3 is 10.5 Å². The number of aromatic nitrogens is 1. The molecule has 0 unspecified atom stereocenters. The predicted octanol–water partition coefficient (Wildman–Crippen LogP) is 1.52. The van der Waals surface area contributed by atoms with Crippen molar-refractivity contribution in [1.29, 1.82) is 0 Å². The largest absolute Gasteiger partial charge is 0.497 e. The molecule has 0 atom stereocenters. The first-order chi connectivity index (χ1) is 9.55. The van der Waals surface area contributed by atoms with Gasteiger partial charge in [0.1, 0.15) is 5.75 Å². The average Bonchev–Trinajstić information content (AvgIpc) is 2.47. The third kappa shape index (κ3) is 3.34. The molecule has 1 heterocycles. The summed E-state index contributed by atoms with van der Waals surface area (Å²) in [5.41, 5.74) is 6.85. The number of nitrogens with zero attached hydrogens (tertiary/aromatic N) is 1. The minimum atomic E-state index is -3.39. The first kappa shape index (κ1) is 14.5. The SMILES string of the molecule is COc1ccc(S(=O)(=O)Cc2ccnc(CN)c2)cc1. The van der Waals surface area contributed by atoms with Crippen LogP contribution in [0.1, 0.15) is 11.3 Å². The van der Waals surface area contributed by atoms with Crippen molar-refractivity contribution in [3.8, 4) is 5.75 Å². The highest BCUT2D eigenvalue weighted by Gasteiger charge is 2.15. The van der Waals surface area contributed by atoms with Gasteiger partial charge in [0.25, 0.3) is 0 Å². The number of nitrogens with two attached hydrogens (primary N) is 1. The Morgan fingerprint density at radius 1 is 1.20 bits per heavy atom. The van der Waals surface area contributed by atoms with E-state index in [9.17, 15) is 8.42 Å². The molecular weight excluding hydrogens is 276 g/mol. The van der Waals surface area contributed by atoms with Crippen molar-refractivity contribution in [3.05, 3.63) is 53.9 Å². The molecule has 2 aromatic rings. The second kappa shape index (κ2) is 6.02. The third-order valence-electron chi connectivity index (χ3n) is 2.87. The molecule has 0 saturated heterocycles. The van der Waals surface area contributed by atoms with E-state index in [0.29, 0.717) is 17.0 Å². The summed E-state index contributed by atoms with van der Waals surface area (Å²) in [6.07, 6.45) is 1.57. The quantitative estimate of drug-likeness (QED) is 0.903. The summed E-state index contributed by atoms with van der Waals surface area (Å²) in [5, 5.41) is 0. The minimum Gasteiger partial charge on any atom is -0.497 e. The number of hydrogen-bond acceptors (Lipinski definition) is 5. The molecule has 5 nitrogen and oxygen atoms in total. The zero-order chi connectivity index (χ0) is 14.6. The molecule has 0 amide bonds. The standard InChI is InChI=1S/C14H16N2O3S/c1-19-13-2-4-14(5-3-13)20(17,18)10-11-6-7-16-12(8-11)9-15/h2-8H,9-10,15H2,1H3. The highest BCUT2D eigenvalue weighted by Crippen LogP contribution is 2.19. The van der Waals surface area contributed by atoms with E-state index in [1.54, 1.807) is 42.6 Å². The van der Waals surface area contributed by atoms with Crippen LogP contribution in [0.2, 0.25) is 0 Å². The zero-order valence-electron chi connectivity index (χ0n) is 11.1.